The molecule has 4 nitrogen and oxygen atoms in total. The summed E-state index contributed by atoms with van der Waals surface area (Å²) in [5.74, 6) is 0.194. The molecule has 1 fully saturated rings. The molecule has 2 amide bonds. The maximum absolute atomic E-state index is 12.4. The van der Waals surface area contributed by atoms with Gasteiger partial charge in [-0.3, -0.25) is 0 Å². The number of likely N-dealkylation sites (tertiary alicyclic amines) is 1. The van der Waals surface area contributed by atoms with Gasteiger partial charge in [-0.15, -0.1) is 0 Å². The molecule has 2 atom stereocenters. The van der Waals surface area contributed by atoms with Crippen LogP contribution in [-0.4, -0.2) is 41.8 Å². The number of hydrogen-bond donors (Lipinski definition) is 2. The van der Waals surface area contributed by atoms with E-state index in [2.05, 4.69) is 50.4 Å². The van der Waals surface area contributed by atoms with Crippen LogP contribution in [0.4, 0.5) is 4.79 Å². The fourth-order valence-electron chi connectivity index (χ4n) is 3.16. The molecule has 2 N–H and O–H groups in total. The van der Waals surface area contributed by atoms with Crippen molar-refractivity contribution in [3.05, 3.63) is 35.4 Å². The van der Waals surface area contributed by atoms with Gasteiger partial charge in [-0.25, -0.2) is 4.79 Å². The summed E-state index contributed by atoms with van der Waals surface area (Å²) in [7, 11) is 0. The maximum atomic E-state index is 12.4. The van der Waals surface area contributed by atoms with E-state index in [1.807, 2.05) is 11.8 Å². The number of urea groups is 1. The first-order valence-corrected chi connectivity index (χ1v) is 8.57. The van der Waals surface area contributed by atoms with E-state index in [0.717, 1.165) is 19.4 Å². The number of aliphatic hydroxyl groups is 1. The molecule has 0 bridgehead atoms. The van der Waals surface area contributed by atoms with Crippen molar-refractivity contribution in [3.8, 4) is 0 Å². The summed E-state index contributed by atoms with van der Waals surface area (Å²) in [4.78, 5) is 14.3. The Kier molecular flexibility index (Phi) is 5.69. The second-order valence-corrected chi connectivity index (χ2v) is 7.50. The lowest BCUT2D eigenvalue weighted by molar-refractivity contribution is 0.0737. The molecule has 1 aromatic carbocycles. The Bertz CT molecular complexity index is 540. The van der Waals surface area contributed by atoms with Gasteiger partial charge >= 0.3 is 6.03 Å². The first-order chi connectivity index (χ1) is 10.8. The van der Waals surface area contributed by atoms with E-state index in [0.29, 0.717) is 13.1 Å². The Morgan fingerprint density at radius 3 is 2.87 bits per heavy atom. The second kappa shape index (κ2) is 7.35. The smallest absolute Gasteiger partial charge is 0.317 e. The van der Waals surface area contributed by atoms with E-state index in [1.165, 1.54) is 11.1 Å². The summed E-state index contributed by atoms with van der Waals surface area (Å²) >= 11 is 0. The number of nitrogens with zero attached hydrogens (tertiary/aromatic N) is 1. The van der Waals surface area contributed by atoms with Crippen LogP contribution in [0, 0.1) is 12.8 Å². The van der Waals surface area contributed by atoms with E-state index in [1.54, 1.807) is 0 Å². The van der Waals surface area contributed by atoms with Gasteiger partial charge in [0.15, 0.2) is 0 Å². The third kappa shape index (κ3) is 4.71. The minimum absolute atomic E-state index is 0.0175. The average molecular weight is 318 g/mol. The topological polar surface area (TPSA) is 52.6 Å². The van der Waals surface area contributed by atoms with Gasteiger partial charge in [-0.1, -0.05) is 43.7 Å². The molecule has 0 radical (unpaired) electrons. The highest BCUT2D eigenvalue weighted by Crippen LogP contribution is 2.24. The zero-order valence-electron chi connectivity index (χ0n) is 14.8. The van der Waals surface area contributed by atoms with E-state index >= 15 is 0 Å². The summed E-state index contributed by atoms with van der Waals surface area (Å²) < 4.78 is 0. The van der Waals surface area contributed by atoms with E-state index in [-0.39, 0.29) is 23.5 Å². The quantitative estimate of drug-likeness (QED) is 0.896. The molecule has 0 spiro atoms. The summed E-state index contributed by atoms with van der Waals surface area (Å²) in [6.07, 6.45) is 1.61. The van der Waals surface area contributed by atoms with Crippen LogP contribution in [0.1, 0.15) is 44.7 Å². The van der Waals surface area contributed by atoms with E-state index in [9.17, 15) is 9.90 Å². The maximum Gasteiger partial charge on any atom is 0.317 e. The summed E-state index contributed by atoms with van der Waals surface area (Å²) in [6, 6.07) is 8.42. The zero-order valence-corrected chi connectivity index (χ0v) is 14.8. The minimum Gasteiger partial charge on any atom is -0.393 e. The molecule has 2 rings (SSSR count). The normalized spacial score (nSPS) is 20.2. The van der Waals surface area contributed by atoms with Crippen molar-refractivity contribution < 1.29 is 9.90 Å². The molecule has 2 unspecified atom stereocenters. The van der Waals surface area contributed by atoms with Gasteiger partial charge < -0.3 is 15.3 Å². The number of carbonyl (C=O) groups excluding carboxylic acids is 1. The monoisotopic (exact) mass is 318 g/mol. The van der Waals surface area contributed by atoms with Gasteiger partial charge in [0.2, 0.25) is 0 Å². The van der Waals surface area contributed by atoms with Gasteiger partial charge in [0, 0.05) is 31.0 Å². The number of aliphatic hydroxyl groups excluding tert-OH is 1. The van der Waals surface area contributed by atoms with Crippen LogP contribution in [0.3, 0.4) is 0 Å². The highest BCUT2D eigenvalue weighted by Gasteiger charge is 2.28. The van der Waals surface area contributed by atoms with Crippen LogP contribution < -0.4 is 5.32 Å². The van der Waals surface area contributed by atoms with Crippen LogP contribution in [-0.2, 0) is 5.41 Å². The van der Waals surface area contributed by atoms with Crippen molar-refractivity contribution in [3.63, 3.8) is 0 Å². The Morgan fingerprint density at radius 1 is 1.48 bits per heavy atom. The molecule has 23 heavy (non-hydrogen) atoms. The third-order valence-corrected chi connectivity index (χ3v) is 4.91. The Hall–Kier alpha value is -1.55. The summed E-state index contributed by atoms with van der Waals surface area (Å²) in [5, 5.41) is 12.8. The first-order valence-electron chi connectivity index (χ1n) is 8.57. The molecule has 0 aliphatic carbocycles. The van der Waals surface area contributed by atoms with Gasteiger partial charge in [0.25, 0.3) is 0 Å². The number of amides is 2. The number of hydrogen-bond acceptors (Lipinski definition) is 2. The van der Waals surface area contributed by atoms with Gasteiger partial charge in [-0.2, -0.15) is 0 Å². The standard InChI is InChI=1S/C19H30N2O2/c1-14-7-5-9-17(11-14)19(3,4)13-20-18(23)21-10-6-8-16(12-21)15(2)22/h5,7,9,11,15-16,22H,6,8,10,12-13H2,1-4H3,(H,20,23). The third-order valence-electron chi connectivity index (χ3n) is 4.91. The Labute approximate surface area is 139 Å². The number of carbonyl (C=O) groups is 1. The highest BCUT2D eigenvalue weighted by atomic mass is 16.3. The number of nitrogens with one attached hydrogen (secondary N) is 1. The fraction of sp³-hybridized carbons (Fsp3) is 0.632. The van der Waals surface area contributed by atoms with Crippen LogP contribution in [0.25, 0.3) is 0 Å². The van der Waals surface area contributed by atoms with Crippen molar-refractivity contribution >= 4 is 6.03 Å². The van der Waals surface area contributed by atoms with Crippen molar-refractivity contribution in [2.24, 2.45) is 5.92 Å². The lowest BCUT2D eigenvalue weighted by Gasteiger charge is -2.35. The van der Waals surface area contributed by atoms with Crippen LogP contribution >= 0.6 is 0 Å². The van der Waals surface area contributed by atoms with Crippen molar-refractivity contribution in [2.45, 2.75) is 52.1 Å². The molecule has 0 saturated carbocycles. The summed E-state index contributed by atoms with van der Waals surface area (Å²) in [6.45, 7) is 10.2. The molecule has 1 aliphatic rings. The van der Waals surface area contributed by atoms with Crippen LogP contribution in [0.2, 0.25) is 0 Å². The lowest BCUT2D eigenvalue weighted by Crippen LogP contribution is -2.49. The zero-order chi connectivity index (χ0) is 17.0. The minimum atomic E-state index is -0.352. The number of rotatable bonds is 4. The summed E-state index contributed by atoms with van der Waals surface area (Å²) in [5.41, 5.74) is 2.36. The fourth-order valence-corrected chi connectivity index (χ4v) is 3.16. The molecule has 0 aromatic heterocycles. The average Bonchev–Trinajstić information content (AvgIpc) is 2.53. The molecule has 1 saturated heterocycles. The number of aryl methyl sites for hydroxylation is 1. The molecule has 1 aromatic rings. The highest BCUT2D eigenvalue weighted by molar-refractivity contribution is 5.74. The van der Waals surface area contributed by atoms with Crippen LogP contribution in [0.15, 0.2) is 24.3 Å². The lowest BCUT2D eigenvalue weighted by atomic mass is 9.84. The molecular weight excluding hydrogens is 288 g/mol. The van der Waals surface area contributed by atoms with Crippen molar-refractivity contribution in [2.75, 3.05) is 19.6 Å². The van der Waals surface area contributed by atoms with Crippen molar-refractivity contribution in [1.29, 1.82) is 0 Å². The number of benzene rings is 1. The molecule has 1 heterocycles. The second-order valence-electron chi connectivity index (χ2n) is 7.50. The molecule has 4 heteroatoms. The number of piperidine rings is 1. The predicted octanol–water partition coefficient (Wildman–Crippen LogP) is 3.08. The van der Waals surface area contributed by atoms with E-state index in [4.69, 9.17) is 0 Å². The first kappa shape index (κ1) is 17.8. The van der Waals surface area contributed by atoms with Gasteiger partial charge in [-0.05, 0) is 32.3 Å². The molecular formula is C19H30N2O2. The predicted molar refractivity (Wildman–Crippen MR) is 93.6 cm³/mol. The SMILES string of the molecule is Cc1cccc(C(C)(C)CNC(=O)N2CCCC(C(C)O)C2)c1. The van der Waals surface area contributed by atoms with Gasteiger partial charge in [0.05, 0.1) is 6.10 Å². The van der Waals surface area contributed by atoms with Gasteiger partial charge in [0.1, 0.15) is 0 Å². The molecule has 128 valence electrons. The molecule has 1 aliphatic heterocycles. The van der Waals surface area contributed by atoms with Crippen molar-refractivity contribution in [1.82, 2.24) is 10.2 Å². The Morgan fingerprint density at radius 2 is 2.22 bits per heavy atom. The Balaban J connectivity index is 1.93. The van der Waals surface area contributed by atoms with Crippen LogP contribution in [0.5, 0.6) is 0 Å². The largest absolute Gasteiger partial charge is 0.393 e. The van der Waals surface area contributed by atoms with E-state index < -0.39 is 0 Å².